The van der Waals surface area contributed by atoms with Gasteiger partial charge in [-0.1, -0.05) is 133 Å². The maximum Gasteiger partial charge on any atom is 0.0709 e. The van der Waals surface area contributed by atoms with Crippen LogP contribution in [0.25, 0.3) is 77.2 Å². The highest BCUT2D eigenvalue weighted by Gasteiger charge is 2.31. The van der Waals surface area contributed by atoms with Crippen molar-refractivity contribution in [3.05, 3.63) is 243 Å². The lowest BCUT2D eigenvalue weighted by molar-refractivity contribution is 1.17. The van der Waals surface area contributed by atoms with Gasteiger partial charge < -0.3 is 18.9 Å². The van der Waals surface area contributed by atoms with E-state index in [1.807, 2.05) is 0 Å². The van der Waals surface area contributed by atoms with Crippen LogP contribution in [0.4, 0.5) is 34.1 Å². The van der Waals surface area contributed by atoms with Crippen LogP contribution >= 0.6 is 0 Å². The molecule has 12 aromatic rings. The Bertz CT molecular complexity index is 3510. The van der Waals surface area contributed by atoms with Gasteiger partial charge in [0, 0.05) is 44.3 Å². The average molecular weight is 817 g/mol. The molecule has 0 atom stereocenters. The van der Waals surface area contributed by atoms with E-state index in [9.17, 15) is 0 Å². The Kier molecular flexibility index (Phi) is 8.18. The lowest BCUT2D eigenvalue weighted by Crippen LogP contribution is -2.24. The Morgan fingerprint density at radius 3 is 0.938 bits per heavy atom. The van der Waals surface area contributed by atoms with Crippen molar-refractivity contribution in [2.24, 2.45) is 0 Å². The number of para-hydroxylation sites is 6. The minimum Gasteiger partial charge on any atom is -0.309 e. The van der Waals surface area contributed by atoms with E-state index < -0.39 is 0 Å². The number of benzene rings is 10. The molecular weight excluding hydrogens is 777 g/mol. The van der Waals surface area contributed by atoms with E-state index in [1.165, 1.54) is 54.7 Å². The molecule has 0 spiro atoms. The van der Waals surface area contributed by atoms with Gasteiger partial charge in [0.25, 0.3) is 0 Å². The van der Waals surface area contributed by atoms with Gasteiger partial charge in [-0.15, -0.1) is 0 Å². The van der Waals surface area contributed by atoms with Crippen LogP contribution in [0.15, 0.2) is 243 Å². The van der Waals surface area contributed by atoms with Gasteiger partial charge in [-0.3, -0.25) is 0 Å². The second-order valence-corrected chi connectivity index (χ2v) is 16.6. The van der Waals surface area contributed by atoms with Crippen molar-refractivity contribution in [3.8, 4) is 33.6 Å². The number of rotatable bonds is 6. The third-order valence-corrected chi connectivity index (χ3v) is 13.0. The van der Waals surface area contributed by atoms with E-state index in [-0.39, 0.29) is 0 Å². The highest BCUT2D eigenvalue weighted by molar-refractivity contribution is 6.12. The van der Waals surface area contributed by atoms with E-state index in [4.69, 9.17) is 0 Å². The van der Waals surface area contributed by atoms with Crippen molar-refractivity contribution in [1.29, 1.82) is 0 Å². The normalized spacial score (nSPS) is 12.3. The molecule has 4 nitrogen and oxygen atoms in total. The maximum absolute atomic E-state index is 2.46. The molecule has 10 aromatic carbocycles. The molecule has 1 aliphatic heterocycles. The van der Waals surface area contributed by atoms with Gasteiger partial charge in [-0.2, -0.15) is 0 Å². The summed E-state index contributed by atoms with van der Waals surface area (Å²) in [5.74, 6) is 0. The number of hydrogen-bond donors (Lipinski definition) is 0. The van der Waals surface area contributed by atoms with Gasteiger partial charge in [0.05, 0.1) is 44.8 Å². The summed E-state index contributed by atoms with van der Waals surface area (Å²) in [5, 5.41) is 4.96. The van der Waals surface area contributed by atoms with Crippen molar-refractivity contribution in [3.63, 3.8) is 0 Å². The Morgan fingerprint density at radius 1 is 0.203 bits per heavy atom. The Labute approximate surface area is 371 Å². The van der Waals surface area contributed by atoms with E-state index in [2.05, 4.69) is 262 Å². The molecule has 0 saturated carbocycles. The predicted octanol–water partition coefficient (Wildman–Crippen LogP) is 16.5. The van der Waals surface area contributed by atoms with Crippen LogP contribution in [0.3, 0.4) is 0 Å². The quantitative estimate of drug-likeness (QED) is 0.166. The lowest BCUT2D eigenvalue weighted by atomic mass is 9.96. The predicted molar refractivity (Wildman–Crippen MR) is 269 cm³/mol. The summed E-state index contributed by atoms with van der Waals surface area (Å²) in [6.45, 7) is 0. The summed E-state index contributed by atoms with van der Waals surface area (Å²) >= 11 is 0. The summed E-state index contributed by atoms with van der Waals surface area (Å²) in [6.07, 6.45) is 0. The fourth-order valence-corrected chi connectivity index (χ4v) is 10.1. The highest BCUT2D eigenvalue weighted by Crippen LogP contribution is 2.56. The van der Waals surface area contributed by atoms with Crippen molar-refractivity contribution < 1.29 is 0 Å². The zero-order valence-electron chi connectivity index (χ0n) is 34.9. The van der Waals surface area contributed by atoms with Crippen LogP contribution in [-0.4, -0.2) is 9.13 Å². The zero-order chi connectivity index (χ0) is 42.1. The molecule has 0 fully saturated rings. The summed E-state index contributed by atoms with van der Waals surface area (Å²) in [4.78, 5) is 4.88. The first kappa shape index (κ1) is 36.1. The third-order valence-electron chi connectivity index (χ3n) is 13.0. The van der Waals surface area contributed by atoms with Gasteiger partial charge in [0.1, 0.15) is 0 Å². The molecule has 300 valence electrons. The van der Waals surface area contributed by atoms with Crippen LogP contribution in [-0.2, 0) is 0 Å². The number of aromatic nitrogens is 2. The molecule has 4 heteroatoms. The Balaban J connectivity index is 1.00. The van der Waals surface area contributed by atoms with Crippen molar-refractivity contribution in [2.75, 3.05) is 9.80 Å². The van der Waals surface area contributed by atoms with Crippen LogP contribution < -0.4 is 9.80 Å². The van der Waals surface area contributed by atoms with Gasteiger partial charge >= 0.3 is 0 Å². The second kappa shape index (κ2) is 14.5. The molecule has 0 N–H and O–H groups in total. The number of hydrogen-bond acceptors (Lipinski definition) is 2. The lowest BCUT2D eigenvalue weighted by Gasteiger charge is -2.41. The standard InChI is InChI=1S/C60H40N4/c1-5-17-45(18-6-1)61-53-27-15-13-25-49(53)51-37-41(29-33-55(51)61)43-31-35-57-59(39-43)64(48-23-11-4-12-24-48)60-40-44(32-36-58(60)63(57)47-21-9-3-10-22-47)42-30-34-56-52(38-42)50-26-14-16-28-54(50)62(56)46-19-7-2-8-20-46/h1-40H. The molecule has 64 heavy (non-hydrogen) atoms. The van der Waals surface area contributed by atoms with E-state index in [1.54, 1.807) is 0 Å². The highest BCUT2D eigenvalue weighted by atomic mass is 15.3. The summed E-state index contributed by atoms with van der Waals surface area (Å²) in [5.41, 5.74) is 18.5. The third kappa shape index (κ3) is 5.63. The Hall–Kier alpha value is -8.60. The van der Waals surface area contributed by atoms with E-state index in [0.29, 0.717) is 0 Å². The monoisotopic (exact) mass is 816 g/mol. The maximum atomic E-state index is 2.46. The number of anilines is 6. The van der Waals surface area contributed by atoms with E-state index in [0.717, 1.165) is 56.6 Å². The number of nitrogens with zero attached hydrogens (tertiary/aromatic N) is 4. The van der Waals surface area contributed by atoms with Crippen LogP contribution in [0, 0.1) is 0 Å². The first-order chi connectivity index (χ1) is 31.8. The minimum absolute atomic E-state index is 1.11. The molecule has 0 saturated heterocycles. The molecule has 0 unspecified atom stereocenters. The average Bonchev–Trinajstić information content (AvgIpc) is 3.88. The Morgan fingerprint density at radius 2 is 0.516 bits per heavy atom. The van der Waals surface area contributed by atoms with Gasteiger partial charge in [0.15, 0.2) is 0 Å². The molecule has 0 aliphatic carbocycles. The summed E-state index contributed by atoms with van der Waals surface area (Å²) in [7, 11) is 0. The second-order valence-electron chi connectivity index (χ2n) is 16.6. The molecule has 2 aromatic heterocycles. The molecule has 1 aliphatic rings. The fourth-order valence-electron chi connectivity index (χ4n) is 10.1. The van der Waals surface area contributed by atoms with Gasteiger partial charge in [-0.05, 0) is 131 Å². The first-order valence-corrected chi connectivity index (χ1v) is 21.9. The molecule has 0 bridgehead atoms. The van der Waals surface area contributed by atoms with Gasteiger partial charge in [0.2, 0.25) is 0 Å². The van der Waals surface area contributed by atoms with Crippen LogP contribution in [0.1, 0.15) is 0 Å². The van der Waals surface area contributed by atoms with Gasteiger partial charge in [-0.25, -0.2) is 0 Å². The molecule has 13 rings (SSSR count). The smallest absolute Gasteiger partial charge is 0.0709 e. The van der Waals surface area contributed by atoms with Crippen molar-refractivity contribution in [1.82, 2.24) is 9.13 Å². The van der Waals surface area contributed by atoms with Crippen molar-refractivity contribution in [2.45, 2.75) is 0 Å². The summed E-state index contributed by atoms with van der Waals surface area (Å²) < 4.78 is 4.76. The first-order valence-electron chi connectivity index (χ1n) is 21.9. The van der Waals surface area contributed by atoms with Crippen molar-refractivity contribution >= 4 is 77.7 Å². The van der Waals surface area contributed by atoms with Crippen LogP contribution in [0.2, 0.25) is 0 Å². The largest absolute Gasteiger partial charge is 0.309 e. The zero-order valence-corrected chi connectivity index (χ0v) is 34.9. The minimum atomic E-state index is 1.11. The molecule has 3 heterocycles. The number of fused-ring (bicyclic) bond motifs is 8. The fraction of sp³-hybridized carbons (Fsp3) is 0. The summed E-state index contributed by atoms with van der Waals surface area (Å²) in [6, 6.07) is 88.3. The van der Waals surface area contributed by atoms with E-state index >= 15 is 0 Å². The SMILES string of the molecule is c1ccc(N2c3ccc(-c4ccc5c(c4)c4ccccc4n5-c4ccccc4)cc3N(c3ccccc3)c3cc(-c4ccc5c(c4)c4ccccc4n5-c4ccccc4)ccc32)cc1. The van der Waals surface area contributed by atoms with Crippen LogP contribution in [0.5, 0.6) is 0 Å². The molecular formula is C60H40N4. The molecule has 0 radical (unpaired) electrons. The molecule has 0 amide bonds. The topological polar surface area (TPSA) is 16.3 Å².